The number of nitrogens with zero attached hydrogens (tertiary/aromatic N) is 1. The maximum absolute atomic E-state index is 12.7. The predicted octanol–water partition coefficient (Wildman–Crippen LogP) is 2.24. The number of hydrogen-bond donors (Lipinski definition) is 2. The summed E-state index contributed by atoms with van der Waals surface area (Å²) in [4.78, 5) is 24.6. The van der Waals surface area contributed by atoms with E-state index < -0.39 is 0 Å². The van der Waals surface area contributed by atoms with Crippen LogP contribution in [0.3, 0.4) is 0 Å². The van der Waals surface area contributed by atoms with Crippen LogP contribution in [0.2, 0.25) is 0 Å². The molecule has 0 radical (unpaired) electrons. The van der Waals surface area contributed by atoms with E-state index in [1.54, 1.807) is 16.2 Å². The van der Waals surface area contributed by atoms with Gasteiger partial charge in [-0.3, -0.25) is 4.79 Å². The summed E-state index contributed by atoms with van der Waals surface area (Å²) in [5, 5.41) is 0.876. The summed E-state index contributed by atoms with van der Waals surface area (Å²) < 4.78 is 0. The van der Waals surface area contributed by atoms with Crippen LogP contribution in [0, 0.1) is 5.92 Å². The highest BCUT2D eigenvalue weighted by molar-refractivity contribution is 7.18. The Kier molecular flexibility index (Phi) is 4.01. The molecule has 5 heteroatoms. The molecule has 4 nitrogen and oxygen atoms in total. The third kappa shape index (κ3) is 2.74. The van der Waals surface area contributed by atoms with Crippen molar-refractivity contribution < 1.29 is 4.90 Å². The molecule has 0 unspecified atom stereocenters. The topological polar surface area (TPSA) is 50.2 Å². The second-order valence-corrected chi connectivity index (χ2v) is 8.51. The maximum Gasteiger partial charge on any atom is 0.260 e. The molecule has 0 aromatic carbocycles. The van der Waals surface area contributed by atoms with E-state index >= 15 is 0 Å². The van der Waals surface area contributed by atoms with Crippen LogP contribution in [0.15, 0.2) is 4.79 Å². The van der Waals surface area contributed by atoms with Crippen molar-refractivity contribution in [3.63, 3.8) is 0 Å². The number of piperidine rings is 1. The monoisotopic (exact) mass is 332 g/mol. The molecule has 2 N–H and O–H groups in total. The van der Waals surface area contributed by atoms with Crippen LogP contribution in [-0.2, 0) is 12.8 Å². The van der Waals surface area contributed by atoms with Crippen molar-refractivity contribution in [2.45, 2.75) is 58.4 Å². The summed E-state index contributed by atoms with van der Waals surface area (Å²) in [6, 6.07) is 0.283. The van der Waals surface area contributed by atoms with Crippen LogP contribution >= 0.6 is 11.3 Å². The number of likely N-dealkylation sites (tertiary alicyclic amines) is 1. The van der Waals surface area contributed by atoms with Gasteiger partial charge in [0.25, 0.3) is 5.56 Å². The van der Waals surface area contributed by atoms with Crippen LogP contribution in [0.5, 0.6) is 0 Å². The van der Waals surface area contributed by atoms with Crippen molar-refractivity contribution in [2.24, 2.45) is 5.92 Å². The number of H-pyrrole nitrogens is 1. The summed E-state index contributed by atoms with van der Waals surface area (Å²) in [6.07, 6.45) is 7.25. The summed E-state index contributed by atoms with van der Waals surface area (Å²) >= 11 is 1.76. The maximum atomic E-state index is 12.7. The number of fused-ring (bicyclic) bond motifs is 3. The molecule has 2 aromatic rings. The van der Waals surface area contributed by atoms with Crippen molar-refractivity contribution in [3.05, 3.63) is 26.6 Å². The average molecular weight is 332 g/mol. The highest BCUT2D eigenvalue weighted by atomic mass is 32.1. The lowest BCUT2D eigenvalue weighted by Gasteiger charge is -2.28. The molecule has 23 heavy (non-hydrogen) atoms. The highest BCUT2D eigenvalue weighted by Gasteiger charge is 2.27. The molecule has 0 spiro atoms. The summed E-state index contributed by atoms with van der Waals surface area (Å²) in [5.74, 6) is 1.61. The van der Waals surface area contributed by atoms with E-state index in [4.69, 9.17) is 4.98 Å². The first kappa shape index (κ1) is 15.3. The standard InChI is InChI=1S/C18H25N3OS/c1-11-6-7-13-14(10-11)23-18-15(13)17(22)19-16(20-18)12(2)21-8-4-3-5-9-21/h11-12H,3-10H2,1-2H3,(H,19,20,22)/p+1/t11-,12+/m1/s1. The normalized spacial score (nSPS) is 23.8. The minimum atomic E-state index is 0.0836. The quantitative estimate of drug-likeness (QED) is 0.886. The first-order valence-electron chi connectivity index (χ1n) is 9.02. The molecular formula is C18H26N3OS+. The molecule has 2 aliphatic rings. The van der Waals surface area contributed by atoms with E-state index in [1.807, 2.05) is 0 Å². The van der Waals surface area contributed by atoms with Crippen molar-refractivity contribution in [2.75, 3.05) is 13.1 Å². The van der Waals surface area contributed by atoms with E-state index in [1.165, 1.54) is 49.2 Å². The van der Waals surface area contributed by atoms with E-state index in [0.29, 0.717) is 0 Å². The minimum Gasteiger partial charge on any atom is -0.326 e. The van der Waals surface area contributed by atoms with E-state index in [0.717, 1.165) is 34.8 Å². The Bertz CT molecular complexity index is 772. The van der Waals surface area contributed by atoms with Gasteiger partial charge in [0.05, 0.1) is 18.5 Å². The molecule has 124 valence electrons. The van der Waals surface area contributed by atoms with Crippen LogP contribution < -0.4 is 10.5 Å². The minimum absolute atomic E-state index is 0.0836. The average Bonchev–Trinajstić information content (AvgIpc) is 2.92. The Morgan fingerprint density at radius 2 is 2.09 bits per heavy atom. The largest absolute Gasteiger partial charge is 0.326 e. The molecule has 4 rings (SSSR count). The van der Waals surface area contributed by atoms with Gasteiger partial charge in [0.1, 0.15) is 10.9 Å². The van der Waals surface area contributed by atoms with Gasteiger partial charge < -0.3 is 9.88 Å². The lowest BCUT2D eigenvalue weighted by Crippen LogP contribution is -3.12. The van der Waals surface area contributed by atoms with Crippen LogP contribution in [0.4, 0.5) is 0 Å². The number of rotatable bonds is 2. The molecule has 0 amide bonds. The number of thiophene rings is 1. The van der Waals surface area contributed by atoms with Gasteiger partial charge in [-0.15, -0.1) is 11.3 Å². The van der Waals surface area contributed by atoms with Crippen molar-refractivity contribution >= 4 is 21.6 Å². The molecule has 0 bridgehead atoms. The van der Waals surface area contributed by atoms with Crippen molar-refractivity contribution in [1.82, 2.24) is 9.97 Å². The zero-order chi connectivity index (χ0) is 16.0. The number of quaternary nitrogens is 1. The third-order valence-corrected chi connectivity index (χ3v) is 6.85. The molecule has 0 saturated carbocycles. The molecule has 1 aliphatic carbocycles. The van der Waals surface area contributed by atoms with Crippen molar-refractivity contribution in [3.8, 4) is 0 Å². The number of aromatic amines is 1. The molecular weight excluding hydrogens is 306 g/mol. The fourth-order valence-corrected chi connectivity index (χ4v) is 5.59. The third-order valence-electron chi connectivity index (χ3n) is 5.70. The Morgan fingerprint density at radius 3 is 2.87 bits per heavy atom. The highest BCUT2D eigenvalue weighted by Crippen LogP contribution is 2.35. The molecule has 1 fully saturated rings. The summed E-state index contributed by atoms with van der Waals surface area (Å²) in [5.41, 5.74) is 1.36. The van der Waals surface area contributed by atoms with Crippen molar-refractivity contribution in [1.29, 1.82) is 0 Å². The SMILES string of the molecule is C[C@@H]1CCc2c(sc3nc([C@H](C)[NH+]4CCCCC4)[nH]c(=O)c23)C1. The number of hydrogen-bond acceptors (Lipinski definition) is 3. The van der Waals surface area contributed by atoms with Gasteiger partial charge in [-0.2, -0.15) is 0 Å². The van der Waals surface area contributed by atoms with E-state index in [9.17, 15) is 4.79 Å². The molecule has 1 saturated heterocycles. The molecule has 2 aromatic heterocycles. The fourth-order valence-electron chi connectivity index (χ4n) is 4.20. The predicted molar refractivity (Wildman–Crippen MR) is 94.4 cm³/mol. The van der Waals surface area contributed by atoms with E-state index in [-0.39, 0.29) is 11.6 Å². The zero-order valence-corrected chi connectivity index (χ0v) is 14.9. The second kappa shape index (κ2) is 6.02. The Labute approximate surface area is 140 Å². The van der Waals surface area contributed by atoms with E-state index in [2.05, 4.69) is 18.8 Å². The number of aryl methyl sites for hydroxylation is 1. The first-order chi connectivity index (χ1) is 11.1. The smallest absolute Gasteiger partial charge is 0.260 e. The lowest BCUT2D eigenvalue weighted by molar-refractivity contribution is -0.934. The van der Waals surface area contributed by atoms with Gasteiger partial charge in [-0.05, 0) is 56.9 Å². The molecule has 2 atom stereocenters. The van der Waals surface area contributed by atoms with Gasteiger partial charge in [0.15, 0.2) is 5.82 Å². The fraction of sp³-hybridized carbons (Fsp3) is 0.667. The lowest BCUT2D eigenvalue weighted by atomic mass is 9.89. The Balaban J connectivity index is 1.74. The Hall–Kier alpha value is -1.20. The zero-order valence-electron chi connectivity index (χ0n) is 14.1. The Morgan fingerprint density at radius 1 is 1.30 bits per heavy atom. The summed E-state index contributed by atoms with van der Waals surface area (Å²) in [6.45, 7) is 6.90. The van der Waals surface area contributed by atoms with Gasteiger partial charge in [0, 0.05) is 4.88 Å². The second-order valence-electron chi connectivity index (χ2n) is 7.42. The van der Waals surface area contributed by atoms with Gasteiger partial charge >= 0.3 is 0 Å². The number of nitrogens with one attached hydrogen (secondary N) is 2. The molecule has 3 heterocycles. The van der Waals surface area contributed by atoms with Crippen LogP contribution in [0.1, 0.15) is 61.8 Å². The van der Waals surface area contributed by atoms with Gasteiger partial charge in [-0.1, -0.05) is 6.92 Å². The van der Waals surface area contributed by atoms with Crippen LogP contribution in [0.25, 0.3) is 10.2 Å². The number of aromatic nitrogens is 2. The van der Waals surface area contributed by atoms with Crippen LogP contribution in [-0.4, -0.2) is 23.1 Å². The van der Waals surface area contributed by atoms with Gasteiger partial charge in [0.2, 0.25) is 0 Å². The summed E-state index contributed by atoms with van der Waals surface area (Å²) in [7, 11) is 0. The van der Waals surface area contributed by atoms with Gasteiger partial charge in [-0.25, -0.2) is 4.98 Å². The molecule has 1 aliphatic heterocycles. The first-order valence-corrected chi connectivity index (χ1v) is 9.84.